The van der Waals surface area contributed by atoms with Gasteiger partial charge in [0.15, 0.2) is 10.9 Å². The first-order valence-electron chi connectivity index (χ1n) is 10.9. The lowest BCUT2D eigenvalue weighted by Gasteiger charge is -2.16. The molecule has 0 amide bonds. The van der Waals surface area contributed by atoms with Gasteiger partial charge in [-0.25, -0.2) is 4.98 Å². The number of nitrogens with zero attached hydrogens (tertiary/aromatic N) is 2. The van der Waals surface area contributed by atoms with Crippen molar-refractivity contribution >= 4 is 39.1 Å². The zero-order chi connectivity index (χ0) is 22.8. The second-order valence-electron chi connectivity index (χ2n) is 7.99. The van der Waals surface area contributed by atoms with E-state index in [0.717, 1.165) is 57.8 Å². The Labute approximate surface area is 196 Å². The smallest absolute Gasteiger partial charge is 0.263 e. The number of aryl methyl sites for hydroxylation is 2. The van der Waals surface area contributed by atoms with Gasteiger partial charge in [0.25, 0.3) is 5.56 Å². The Morgan fingerprint density at radius 1 is 1.41 bits per heavy atom. The first-order chi connectivity index (χ1) is 15.4. The van der Waals surface area contributed by atoms with Crippen LogP contribution in [0.1, 0.15) is 53.1 Å². The van der Waals surface area contributed by atoms with Crippen molar-refractivity contribution in [2.45, 2.75) is 63.6 Å². The fraction of sp³-hybridized carbons (Fsp3) is 0.458. The van der Waals surface area contributed by atoms with Crippen LogP contribution in [0, 0.1) is 6.92 Å². The van der Waals surface area contributed by atoms with Crippen molar-refractivity contribution in [2.24, 2.45) is 0 Å². The molecule has 0 bridgehead atoms. The van der Waals surface area contributed by atoms with E-state index in [0.29, 0.717) is 23.0 Å². The Morgan fingerprint density at radius 2 is 2.22 bits per heavy atom. The zero-order valence-corrected chi connectivity index (χ0v) is 20.5. The van der Waals surface area contributed by atoms with Crippen LogP contribution < -0.4 is 10.3 Å². The third-order valence-electron chi connectivity index (χ3n) is 5.88. The van der Waals surface area contributed by atoms with Crippen LogP contribution in [0.15, 0.2) is 28.2 Å². The number of carbonyl (C=O) groups excluding carboxylic acids is 1. The summed E-state index contributed by atoms with van der Waals surface area (Å²) in [5.74, 6) is 1.27. The van der Waals surface area contributed by atoms with Gasteiger partial charge in [0.2, 0.25) is 0 Å². The molecule has 4 rings (SSSR count). The van der Waals surface area contributed by atoms with Crippen LogP contribution in [0.25, 0.3) is 10.2 Å². The molecule has 0 spiro atoms. The number of hydrogen-bond acceptors (Lipinski definition) is 7. The average molecular weight is 473 g/mol. The van der Waals surface area contributed by atoms with Gasteiger partial charge in [-0.1, -0.05) is 18.7 Å². The molecule has 32 heavy (non-hydrogen) atoms. The van der Waals surface area contributed by atoms with Crippen molar-refractivity contribution in [1.82, 2.24) is 9.55 Å². The summed E-state index contributed by atoms with van der Waals surface area (Å²) in [6.45, 7) is 6.93. The van der Waals surface area contributed by atoms with Gasteiger partial charge < -0.3 is 9.47 Å². The minimum atomic E-state index is 0.00916. The Hall–Kier alpha value is -2.16. The van der Waals surface area contributed by atoms with Crippen LogP contribution >= 0.6 is 23.1 Å². The van der Waals surface area contributed by atoms with Crippen LogP contribution in [0.3, 0.4) is 0 Å². The van der Waals surface area contributed by atoms with Crippen molar-refractivity contribution in [2.75, 3.05) is 13.7 Å². The summed E-state index contributed by atoms with van der Waals surface area (Å²) in [7, 11) is 1.62. The third-order valence-corrected chi connectivity index (χ3v) is 7.95. The van der Waals surface area contributed by atoms with E-state index in [9.17, 15) is 9.59 Å². The van der Waals surface area contributed by atoms with Gasteiger partial charge in [-0.2, -0.15) is 0 Å². The maximum absolute atomic E-state index is 13.6. The molecule has 0 saturated carbocycles. The highest BCUT2D eigenvalue weighted by molar-refractivity contribution is 7.98. The maximum atomic E-state index is 13.6. The molecule has 170 valence electrons. The largest absolute Gasteiger partial charge is 0.496 e. The predicted molar refractivity (Wildman–Crippen MR) is 130 cm³/mol. The van der Waals surface area contributed by atoms with Gasteiger partial charge in [-0.05, 0) is 56.9 Å². The van der Waals surface area contributed by atoms with Crippen molar-refractivity contribution in [3.63, 3.8) is 0 Å². The van der Waals surface area contributed by atoms with Crippen LogP contribution in [0.4, 0.5) is 0 Å². The van der Waals surface area contributed by atoms with E-state index in [1.54, 1.807) is 36.0 Å². The summed E-state index contributed by atoms with van der Waals surface area (Å²) < 4.78 is 13.1. The molecule has 1 unspecified atom stereocenters. The monoisotopic (exact) mass is 472 g/mol. The van der Waals surface area contributed by atoms with Crippen LogP contribution in [0.2, 0.25) is 0 Å². The van der Waals surface area contributed by atoms with E-state index in [2.05, 4.69) is 13.8 Å². The van der Waals surface area contributed by atoms with Gasteiger partial charge in [0, 0.05) is 28.4 Å². The van der Waals surface area contributed by atoms with Gasteiger partial charge >= 0.3 is 0 Å². The highest BCUT2D eigenvalue weighted by Gasteiger charge is 2.23. The van der Waals surface area contributed by atoms with E-state index in [1.807, 2.05) is 12.1 Å². The Bertz CT molecular complexity index is 1210. The third kappa shape index (κ3) is 4.49. The molecule has 1 aliphatic rings. The number of ketones is 1. The normalized spacial score (nSPS) is 16.1. The molecule has 3 aromatic rings. The number of benzene rings is 1. The lowest BCUT2D eigenvalue weighted by molar-refractivity contribution is 0.0937. The topological polar surface area (TPSA) is 70.4 Å². The minimum absolute atomic E-state index is 0.00916. The highest BCUT2D eigenvalue weighted by Crippen LogP contribution is 2.32. The maximum Gasteiger partial charge on any atom is 0.263 e. The zero-order valence-electron chi connectivity index (χ0n) is 18.9. The number of fused-ring (bicyclic) bond motifs is 1. The molecular formula is C24H28N2O4S2. The van der Waals surface area contributed by atoms with Crippen molar-refractivity contribution in [3.05, 3.63) is 50.1 Å². The van der Waals surface area contributed by atoms with E-state index in [4.69, 9.17) is 14.5 Å². The van der Waals surface area contributed by atoms with Crippen LogP contribution in [-0.2, 0) is 23.5 Å². The van der Waals surface area contributed by atoms with E-state index in [-0.39, 0.29) is 17.4 Å². The van der Waals surface area contributed by atoms with Gasteiger partial charge in [0.1, 0.15) is 10.6 Å². The molecule has 1 saturated heterocycles. The van der Waals surface area contributed by atoms with Crippen molar-refractivity contribution in [1.29, 1.82) is 0 Å². The number of ether oxygens (including phenoxy) is 2. The number of thiophene rings is 1. The number of carbonyl (C=O) groups is 1. The molecule has 0 N–H and O–H groups in total. The van der Waals surface area contributed by atoms with E-state index in [1.165, 1.54) is 11.8 Å². The van der Waals surface area contributed by atoms with Crippen LogP contribution in [0.5, 0.6) is 5.75 Å². The molecule has 1 fully saturated rings. The molecule has 1 aromatic carbocycles. The Morgan fingerprint density at radius 3 is 2.88 bits per heavy atom. The number of aromatic nitrogens is 2. The standard InChI is InChI=1S/C24H28N2O4S2/c1-5-19-15(3)32-22-21(19)23(28)26(12-18-7-6-10-30-18)24(25-22)31-13-17-11-16(14(2)27)8-9-20(17)29-4/h8-9,11,18H,5-7,10,12-13H2,1-4H3. The number of thioether (sulfide) groups is 1. The molecule has 6 nitrogen and oxygen atoms in total. The Balaban J connectivity index is 1.75. The minimum Gasteiger partial charge on any atom is -0.496 e. The van der Waals surface area contributed by atoms with Crippen LogP contribution in [-0.4, -0.2) is 35.2 Å². The molecule has 0 aliphatic carbocycles. The first kappa shape index (κ1) is 23.0. The molecular weight excluding hydrogens is 444 g/mol. The molecule has 1 aliphatic heterocycles. The Kier molecular flexibility index (Phi) is 7.02. The van der Waals surface area contributed by atoms with E-state index >= 15 is 0 Å². The number of Topliss-reactive ketones (excluding diaryl/α,β-unsaturated/α-hetero) is 1. The summed E-state index contributed by atoms with van der Waals surface area (Å²) in [6, 6.07) is 5.45. The summed E-state index contributed by atoms with van der Waals surface area (Å²) >= 11 is 3.08. The second kappa shape index (κ2) is 9.77. The second-order valence-corrected chi connectivity index (χ2v) is 10.1. The summed E-state index contributed by atoms with van der Waals surface area (Å²) in [4.78, 5) is 32.3. The average Bonchev–Trinajstić information content (AvgIpc) is 3.41. The number of rotatable bonds is 8. The fourth-order valence-electron chi connectivity index (χ4n) is 4.17. The summed E-state index contributed by atoms with van der Waals surface area (Å²) in [5.41, 5.74) is 2.65. The lowest BCUT2D eigenvalue weighted by atomic mass is 10.1. The summed E-state index contributed by atoms with van der Waals surface area (Å²) in [6.07, 6.45) is 2.81. The van der Waals surface area contributed by atoms with Gasteiger partial charge in [0.05, 0.1) is 25.1 Å². The summed E-state index contributed by atoms with van der Waals surface area (Å²) in [5, 5.41) is 1.42. The quantitative estimate of drug-likeness (QED) is 0.261. The number of hydrogen-bond donors (Lipinski definition) is 0. The first-order valence-corrected chi connectivity index (χ1v) is 12.7. The molecule has 0 radical (unpaired) electrons. The molecule has 2 aromatic heterocycles. The SMILES string of the molecule is CCc1c(C)sc2nc(SCc3cc(C(C)=O)ccc3OC)n(CC3CCCO3)c(=O)c12. The van der Waals surface area contributed by atoms with Crippen molar-refractivity contribution < 1.29 is 14.3 Å². The van der Waals surface area contributed by atoms with E-state index < -0.39 is 0 Å². The molecule has 8 heteroatoms. The molecule has 1 atom stereocenters. The fourth-order valence-corrected chi connectivity index (χ4v) is 6.31. The van der Waals surface area contributed by atoms with Crippen molar-refractivity contribution in [3.8, 4) is 5.75 Å². The predicted octanol–water partition coefficient (Wildman–Crippen LogP) is 5.01. The highest BCUT2D eigenvalue weighted by atomic mass is 32.2. The number of methoxy groups -OCH3 is 1. The lowest BCUT2D eigenvalue weighted by Crippen LogP contribution is -2.29. The van der Waals surface area contributed by atoms with Gasteiger partial charge in [-0.15, -0.1) is 11.3 Å². The molecule has 3 heterocycles. The van der Waals surface area contributed by atoms with Gasteiger partial charge in [-0.3, -0.25) is 14.2 Å².